The number of benzene rings is 5. The molecule has 2 amide bonds. The number of nitrogens with zero attached hydrogens (tertiary/aromatic N) is 3. The molecule has 8 bridgehead atoms. The molecule has 0 saturated carbocycles. The number of fused-ring (bicyclic) bond motifs is 8. The maximum Gasteiger partial charge on any atom is 0.255 e. The Kier molecular flexibility index (Phi) is 11.5. The number of rotatable bonds is 8. The summed E-state index contributed by atoms with van der Waals surface area (Å²) >= 11 is 0. The number of carbonyl (C=O) groups excluding carboxylic acids is 2. The van der Waals surface area contributed by atoms with E-state index in [0.717, 1.165) is 94.4 Å². The second-order valence-corrected chi connectivity index (χ2v) is 19.7. The summed E-state index contributed by atoms with van der Waals surface area (Å²) in [6.45, 7) is 7.63. The first-order valence-electron chi connectivity index (χ1n) is 24.0. The number of anilines is 1. The highest BCUT2D eigenvalue weighted by molar-refractivity contribution is 6.06. The molecule has 11 rings (SSSR count). The van der Waals surface area contributed by atoms with Crippen LogP contribution in [0.1, 0.15) is 84.0 Å². The lowest BCUT2D eigenvalue weighted by Crippen LogP contribution is -2.62. The van der Waals surface area contributed by atoms with E-state index in [9.17, 15) is 14.8 Å². The van der Waals surface area contributed by atoms with Gasteiger partial charge in [0.15, 0.2) is 0 Å². The third kappa shape index (κ3) is 8.80. The Morgan fingerprint density at radius 1 is 0.465 bits per heavy atom. The molecule has 1 saturated heterocycles. The number of aromatic nitrogens is 4. The van der Waals surface area contributed by atoms with Crippen LogP contribution in [0.15, 0.2) is 164 Å². The number of aromatic amines is 2. The predicted molar refractivity (Wildman–Crippen MR) is 286 cm³/mol. The number of hydrogen-bond acceptors (Lipinski definition) is 5. The largest absolute Gasteiger partial charge is 0.354 e. The molecule has 10 heteroatoms. The SMILES string of the molecule is CC1(C)CC(NC(=O)c2ccc(C(=O)Nc3ccc(-c4c5nc(c(-c6ccccc6)c6ccc([nH]6)c(-c6ccccc6)c6nc(c(-c7ccccc7)c7ccc4[nH]7)C=C6)C=C5)cc3)cc2)CC(C)(C)N1[O]. The summed E-state index contributed by atoms with van der Waals surface area (Å²) in [5.41, 5.74) is 15.0. The molecule has 3 aliphatic heterocycles. The number of hydrogen-bond donors (Lipinski definition) is 4. The van der Waals surface area contributed by atoms with E-state index >= 15 is 0 Å². The van der Waals surface area contributed by atoms with Crippen LogP contribution in [0.2, 0.25) is 0 Å². The Hall–Kier alpha value is -8.44. The standard InChI is InChI=1S/C61H52N7O3/c1-60(2)36-45(37-61(3,4)68(60)71)63-59(70)43-22-20-42(21-23-43)58(69)62-44-26-24-41(25-27-44)57-52-34-32-50(66-52)55(39-16-10-6-11-17-39)48-30-28-46(64-48)54(38-14-8-5-9-15-38)47-29-31-49(65-47)56(40-18-12-7-13-19-40)51-33-35-53(57)67-51/h5-35,45,64,67H,36-37H2,1-4H3,(H,62,69)(H,63,70). The van der Waals surface area contributed by atoms with Gasteiger partial charge in [-0.15, -0.1) is 10.3 Å². The van der Waals surface area contributed by atoms with E-state index < -0.39 is 11.1 Å². The van der Waals surface area contributed by atoms with E-state index in [1.54, 1.807) is 24.3 Å². The molecular weight excluding hydrogens is 879 g/mol. The van der Waals surface area contributed by atoms with Crippen molar-refractivity contribution in [3.8, 4) is 44.5 Å². The number of nitrogens with one attached hydrogen (secondary N) is 4. The maximum absolute atomic E-state index is 13.6. The van der Waals surface area contributed by atoms with Crippen molar-refractivity contribution in [2.45, 2.75) is 57.7 Å². The van der Waals surface area contributed by atoms with Crippen molar-refractivity contribution >= 4 is 63.9 Å². The van der Waals surface area contributed by atoms with Crippen LogP contribution in [0.3, 0.4) is 0 Å². The summed E-state index contributed by atoms with van der Waals surface area (Å²) in [6.07, 6.45) is 9.43. The van der Waals surface area contributed by atoms with Gasteiger partial charge in [0, 0.05) is 78.3 Å². The van der Waals surface area contributed by atoms with Crippen LogP contribution < -0.4 is 10.6 Å². The minimum Gasteiger partial charge on any atom is -0.354 e. The molecule has 1 radical (unpaired) electrons. The van der Waals surface area contributed by atoms with Gasteiger partial charge in [-0.05, 0) is 148 Å². The molecule has 71 heavy (non-hydrogen) atoms. The molecule has 4 N–H and O–H groups in total. The Balaban J connectivity index is 0.988. The highest BCUT2D eigenvalue weighted by atomic mass is 16.5. The normalized spacial score (nSPS) is 15.1. The van der Waals surface area contributed by atoms with Gasteiger partial charge in [-0.3, -0.25) is 9.59 Å². The monoisotopic (exact) mass is 930 g/mol. The van der Waals surface area contributed by atoms with Gasteiger partial charge in [0.2, 0.25) is 0 Å². The molecular formula is C61H52N7O3. The van der Waals surface area contributed by atoms with Gasteiger partial charge in [-0.1, -0.05) is 103 Å². The molecule has 3 aliphatic rings. The van der Waals surface area contributed by atoms with E-state index in [0.29, 0.717) is 29.7 Å². The average molecular weight is 931 g/mol. The van der Waals surface area contributed by atoms with Gasteiger partial charge >= 0.3 is 0 Å². The molecule has 0 unspecified atom stereocenters. The lowest BCUT2D eigenvalue weighted by Gasteiger charge is -2.50. The van der Waals surface area contributed by atoms with Crippen LogP contribution in [-0.4, -0.2) is 53.9 Å². The van der Waals surface area contributed by atoms with Crippen LogP contribution in [0, 0.1) is 0 Å². The average Bonchev–Trinajstić information content (AvgIpc) is 4.23. The summed E-state index contributed by atoms with van der Waals surface area (Å²) in [7, 11) is 0. The highest BCUT2D eigenvalue weighted by Crippen LogP contribution is 2.40. The summed E-state index contributed by atoms with van der Waals surface area (Å²) in [6, 6.07) is 53.8. The molecule has 0 spiro atoms. The highest BCUT2D eigenvalue weighted by Gasteiger charge is 2.46. The zero-order valence-corrected chi connectivity index (χ0v) is 40.0. The number of carbonyl (C=O) groups is 2. The number of amides is 2. The second-order valence-electron chi connectivity index (χ2n) is 19.7. The third-order valence-corrected chi connectivity index (χ3v) is 13.7. The number of hydroxylamine groups is 2. The molecule has 6 heterocycles. The molecule has 0 aliphatic carbocycles. The van der Waals surface area contributed by atoms with Gasteiger partial charge in [0.1, 0.15) is 0 Å². The van der Waals surface area contributed by atoms with Crippen molar-refractivity contribution in [2.75, 3.05) is 5.32 Å². The molecule has 349 valence electrons. The molecule has 10 nitrogen and oxygen atoms in total. The summed E-state index contributed by atoms with van der Waals surface area (Å²) in [5, 5.41) is 20.2. The minimum absolute atomic E-state index is 0.153. The number of piperidine rings is 1. The first-order chi connectivity index (χ1) is 34.4. The van der Waals surface area contributed by atoms with Crippen LogP contribution in [-0.2, 0) is 5.21 Å². The van der Waals surface area contributed by atoms with E-state index in [2.05, 4.69) is 118 Å². The van der Waals surface area contributed by atoms with Gasteiger partial charge in [0.05, 0.1) is 22.8 Å². The summed E-state index contributed by atoms with van der Waals surface area (Å²) in [4.78, 5) is 45.4. The van der Waals surface area contributed by atoms with Crippen molar-refractivity contribution in [1.29, 1.82) is 0 Å². The molecule has 1 fully saturated rings. The van der Waals surface area contributed by atoms with Crippen molar-refractivity contribution < 1.29 is 14.8 Å². The first-order valence-corrected chi connectivity index (χ1v) is 24.0. The lowest BCUT2D eigenvalue weighted by atomic mass is 9.79. The van der Waals surface area contributed by atoms with Crippen LogP contribution >= 0.6 is 0 Å². The zero-order chi connectivity index (χ0) is 48.9. The summed E-state index contributed by atoms with van der Waals surface area (Å²) < 4.78 is 0. The smallest absolute Gasteiger partial charge is 0.255 e. The van der Waals surface area contributed by atoms with E-state index in [1.165, 1.54) is 0 Å². The van der Waals surface area contributed by atoms with Crippen molar-refractivity contribution in [2.24, 2.45) is 0 Å². The first kappa shape index (κ1) is 45.0. The quantitative estimate of drug-likeness (QED) is 0.120. The van der Waals surface area contributed by atoms with Crippen molar-refractivity contribution in [3.63, 3.8) is 0 Å². The van der Waals surface area contributed by atoms with Gasteiger partial charge in [0.25, 0.3) is 11.8 Å². The van der Waals surface area contributed by atoms with Gasteiger partial charge in [-0.2, -0.15) is 0 Å². The minimum atomic E-state index is -0.607. The second kappa shape index (κ2) is 18.1. The van der Waals surface area contributed by atoms with Crippen LogP contribution in [0.25, 0.3) is 90.9 Å². The Bertz CT molecular complexity index is 3520. The fourth-order valence-electron chi connectivity index (χ4n) is 10.6. The Morgan fingerprint density at radius 2 is 0.803 bits per heavy atom. The van der Waals surface area contributed by atoms with Crippen LogP contribution in [0.4, 0.5) is 5.69 Å². The molecule has 5 aromatic carbocycles. The Labute approximate surface area is 412 Å². The van der Waals surface area contributed by atoms with Gasteiger partial charge in [-0.25, -0.2) is 9.97 Å². The van der Waals surface area contributed by atoms with Crippen molar-refractivity contribution in [3.05, 3.63) is 198 Å². The third-order valence-electron chi connectivity index (χ3n) is 13.7. The van der Waals surface area contributed by atoms with E-state index in [1.807, 2.05) is 94.4 Å². The zero-order valence-electron chi connectivity index (χ0n) is 40.0. The fraction of sp³-hybridized carbons (Fsp3) is 0.148. The Morgan fingerprint density at radius 3 is 1.17 bits per heavy atom. The summed E-state index contributed by atoms with van der Waals surface area (Å²) in [5.74, 6) is -0.539. The van der Waals surface area contributed by atoms with Crippen LogP contribution in [0.5, 0.6) is 0 Å². The molecule has 8 aromatic rings. The van der Waals surface area contributed by atoms with Gasteiger partial charge < -0.3 is 20.6 Å². The predicted octanol–water partition coefficient (Wildman–Crippen LogP) is 13.7. The maximum atomic E-state index is 13.6. The fourth-order valence-corrected chi connectivity index (χ4v) is 10.6. The van der Waals surface area contributed by atoms with Crippen molar-refractivity contribution in [1.82, 2.24) is 30.3 Å². The van der Waals surface area contributed by atoms with E-state index in [4.69, 9.17) is 9.97 Å². The lowest BCUT2D eigenvalue weighted by molar-refractivity contribution is -0.289. The topological polar surface area (TPSA) is 139 Å². The number of H-pyrrole nitrogens is 2. The molecule has 3 aromatic heterocycles. The van der Waals surface area contributed by atoms with E-state index in [-0.39, 0.29) is 17.9 Å². The molecule has 0 atom stereocenters.